The first-order valence-electron chi connectivity index (χ1n) is 5.04. The van der Waals surface area contributed by atoms with Gasteiger partial charge in [-0.15, -0.1) is 13.2 Å². The molecule has 1 aliphatic carbocycles. The second-order valence-corrected chi connectivity index (χ2v) is 3.57. The largest absolute Gasteiger partial charge is 0.313 e. The van der Waals surface area contributed by atoms with Gasteiger partial charge in [-0.25, -0.2) is 0 Å². The van der Waals surface area contributed by atoms with Crippen LogP contribution < -0.4 is 5.32 Å². The van der Waals surface area contributed by atoms with Gasteiger partial charge >= 0.3 is 0 Å². The van der Waals surface area contributed by atoms with E-state index in [-0.39, 0.29) is 0 Å². The molecule has 0 radical (unpaired) electrons. The molecule has 0 aromatic heterocycles. The van der Waals surface area contributed by atoms with Crippen LogP contribution in [-0.2, 0) is 0 Å². The summed E-state index contributed by atoms with van der Waals surface area (Å²) >= 11 is 0. The Balaban J connectivity index is 2.04. The molecule has 2 heteroatoms. The van der Waals surface area contributed by atoms with Crippen LogP contribution in [0.15, 0.2) is 25.3 Å². The molecular weight excluding hydrogens is 160 g/mol. The maximum atomic E-state index is 3.74. The number of hydrogen-bond acceptors (Lipinski definition) is 2. The fraction of sp³-hybridized carbons (Fsp3) is 0.636. The Morgan fingerprint density at radius 1 is 1.23 bits per heavy atom. The lowest BCUT2D eigenvalue weighted by Crippen LogP contribution is -2.33. The quantitative estimate of drug-likeness (QED) is 0.568. The molecule has 74 valence electrons. The molecule has 0 saturated heterocycles. The molecule has 0 amide bonds. The fourth-order valence-corrected chi connectivity index (χ4v) is 1.34. The predicted molar refractivity (Wildman–Crippen MR) is 57.9 cm³/mol. The zero-order chi connectivity index (χ0) is 9.52. The highest BCUT2D eigenvalue weighted by molar-refractivity contribution is 4.83. The summed E-state index contributed by atoms with van der Waals surface area (Å²) in [4.78, 5) is 2.33. The highest BCUT2D eigenvalue weighted by Gasteiger charge is 2.19. The topological polar surface area (TPSA) is 15.3 Å². The van der Waals surface area contributed by atoms with Gasteiger partial charge in [0, 0.05) is 32.2 Å². The Bertz CT molecular complexity index is 151. The number of hydrogen-bond donors (Lipinski definition) is 1. The number of nitrogens with zero attached hydrogens (tertiary/aromatic N) is 1. The summed E-state index contributed by atoms with van der Waals surface area (Å²) in [6.07, 6.45) is 6.62. The Morgan fingerprint density at radius 3 is 2.31 bits per heavy atom. The maximum Gasteiger partial charge on any atom is 0.0164 e. The molecule has 0 aromatic carbocycles. The second-order valence-electron chi connectivity index (χ2n) is 3.57. The van der Waals surface area contributed by atoms with Crippen LogP contribution in [0.1, 0.15) is 12.8 Å². The molecule has 0 heterocycles. The van der Waals surface area contributed by atoms with E-state index < -0.39 is 0 Å². The van der Waals surface area contributed by atoms with Crippen LogP contribution in [0.2, 0.25) is 0 Å². The summed E-state index contributed by atoms with van der Waals surface area (Å²) in [5.41, 5.74) is 0. The second kappa shape index (κ2) is 5.95. The first kappa shape index (κ1) is 10.5. The molecule has 1 fully saturated rings. The van der Waals surface area contributed by atoms with Gasteiger partial charge in [-0.2, -0.15) is 0 Å². The van der Waals surface area contributed by atoms with E-state index in [9.17, 15) is 0 Å². The van der Waals surface area contributed by atoms with Crippen molar-refractivity contribution in [3.8, 4) is 0 Å². The molecule has 0 spiro atoms. The van der Waals surface area contributed by atoms with Crippen LogP contribution in [0, 0.1) is 0 Å². The van der Waals surface area contributed by atoms with E-state index in [1.807, 2.05) is 12.2 Å². The Hall–Kier alpha value is -0.600. The van der Waals surface area contributed by atoms with E-state index in [1.165, 1.54) is 12.8 Å². The van der Waals surface area contributed by atoms with Crippen molar-refractivity contribution in [3.63, 3.8) is 0 Å². The van der Waals surface area contributed by atoms with Crippen LogP contribution in [0.25, 0.3) is 0 Å². The molecule has 1 N–H and O–H groups in total. The molecule has 0 aliphatic heterocycles. The minimum Gasteiger partial charge on any atom is -0.313 e. The fourth-order valence-electron chi connectivity index (χ4n) is 1.34. The summed E-state index contributed by atoms with van der Waals surface area (Å²) in [5, 5.41) is 3.49. The third-order valence-corrected chi connectivity index (χ3v) is 2.21. The summed E-state index contributed by atoms with van der Waals surface area (Å²) in [5.74, 6) is 0. The first-order chi connectivity index (χ1) is 6.36. The number of rotatable bonds is 8. The minimum absolute atomic E-state index is 0.814. The maximum absolute atomic E-state index is 3.74. The molecule has 1 aliphatic rings. The van der Waals surface area contributed by atoms with Crippen molar-refractivity contribution in [2.45, 2.75) is 18.9 Å². The summed E-state index contributed by atoms with van der Waals surface area (Å²) in [7, 11) is 0. The van der Waals surface area contributed by atoms with Crippen LogP contribution in [0.3, 0.4) is 0 Å². The Labute approximate surface area is 81.3 Å². The van der Waals surface area contributed by atoms with Crippen LogP contribution in [0.5, 0.6) is 0 Å². The molecule has 2 nitrogen and oxygen atoms in total. The van der Waals surface area contributed by atoms with Gasteiger partial charge in [-0.1, -0.05) is 12.2 Å². The van der Waals surface area contributed by atoms with Gasteiger partial charge in [-0.3, -0.25) is 4.90 Å². The standard InChI is InChI=1S/C11H20N2/c1-3-8-13(9-4-2)10-7-12-11-5-6-11/h3-4,11-12H,1-2,5-10H2. The third-order valence-electron chi connectivity index (χ3n) is 2.21. The molecule has 1 saturated carbocycles. The predicted octanol–water partition coefficient (Wildman–Crippen LogP) is 1.41. The highest BCUT2D eigenvalue weighted by atomic mass is 15.1. The zero-order valence-electron chi connectivity index (χ0n) is 8.34. The van der Waals surface area contributed by atoms with Gasteiger partial charge in [0.25, 0.3) is 0 Å². The lowest BCUT2D eigenvalue weighted by Gasteiger charge is -2.18. The average molecular weight is 180 g/mol. The van der Waals surface area contributed by atoms with Gasteiger partial charge < -0.3 is 5.32 Å². The van der Waals surface area contributed by atoms with Crippen molar-refractivity contribution in [1.29, 1.82) is 0 Å². The Morgan fingerprint density at radius 2 is 1.85 bits per heavy atom. The van der Waals surface area contributed by atoms with Crippen molar-refractivity contribution < 1.29 is 0 Å². The van der Waals surface area contributed by atoms with Gasteiger partial charge in [0.2, 0.25) is 0 Å². The molecule has 0 unspecified atom stereocenters. The third kappa shape index (κ3) is 4.86. The normalized spacial score (nSPS) is 16.1. The van der Waals surface area contributed by atoms with E-state index in [4.69, 9.17) is 0 Å². The summed E-state index contributed by atoms with van der Waals surface area (Å²) in [6, 6.07) is 0.814. The van der Waals surface area contributed by atoms with Crippen molar-refractivity contribution in [3.05, 3.63) is 25.3 Å². The van der Waals surface area contributed by atoms with Gasteiger partial charge in [0.1, 0.15) is 0 Å². The van der Waals surface area contributed by atoms with Crippen LogP contribution in [-0.4, -0.2) is 37.1 Å². The molecule has 0 atom stereocenters. The first-order valence-corrected chi connectivity index (χ1v) is 5.04. The van der Waals surface area contributed by atoms with Gasteiger partial charge in [0.05, 0.1) is 0 Å². The number of nitrogens with one attached hydrogen (secondary N) is 1. The molecule has 0 bridgehead atoms. The Kier molecular flexibility index (Phi) is 4.79. The SMILES string of the molecule is C=CCN(CC=C)CCNC1CC1. The minimum atomic E-state index is 0.814. The zero-order valence-corrected chi connectivity index (χ0v) is 8.34. The van der Waals surface area contributed by atoms with Crippen molar-refractivity contribution in [2.75, 3.05) is 26.2 Å². The van der Waals surface area contributed by atoms with Crippen LogP contribution in [0.4, 0.5) is 0 Å². The van der Waals surface area contributed by atoms with E-state index in [0.29, 0.717) is 0 Å². The monoisotopic (exact) mass is 180 g/mol. The summed E-state index contributed by atoms with van der Waals surface area (Å²) in [6.45, 7) is 11.6. The van der Waals surface area contributed by atoms with E-state index in [1.54, 1.807) is 0 Å². The van der Waals surface area contributed by atoms with Gasteiger partial charge in [-0.05, 0) is 12.8 Å². The average Bonchev–Trinajstić information content (AvgIpc) is 2.89. The lowest BCUT2D eigenvalue weighted by molar-refractivity contribution is 0.332. The molecule has 0 aromatic rings. The van der Waals surface area contributed by atoms with Crippen molar-refractivity contribution >= 4 is 0 Å². The van der Waals surface area contributed by atoms with E-state index in [2.05, 4.69) is 23.4 Å². The highest BCUT2D eigenvalue weighted by Crippen LogP contribution is 2.17. The van der Waals surface area contributed by atoms with Gasteiger partial charge in [0.15, 0.2) is 0 Å². The van der Waals surface area contributed by atoms with Crippen molar-refractivity contribution in [2.24, 2.45) is 0 Å². The van der Waals surface area contributed by atoms with Crippen molar-refractivity contribution in [1.82, 2.24) is 10.2 Å². The van der Waals surface area contributed by atoms with Crippen LogP contribution >= 0.6 is 0 Å². The van der Waals surface area contributed by atoms with E-state index >= 15 is 0 Å². The van der Waals surface area contributed by atoms with E-state index in [0.717, 1.165) is 32.2 Å². The summed E-state index contributed by atoms with van der Waals surface area (Å²) < 4.78 is 0. The molecular formula is C11H20N2. The molecule has 1 rings (SSSR count). The molecule has 13 heavy (non-hydrogen) atoms. The lowest BCUT2D eigenvalue weighted by atomic mass is 10.4. The smallest absolute Gasteiger partial charge is 0.0164 e.